The molecule has 1 aromatic heterocycles. The van der Waals surface area contributed by atoms with Crippen molar-refractivity contribution in [1.82, 2.24) is 14.8 Å². The Morgan fingerprint density at radius 3 is 2.86 bits per heavy atom. The fourth-order valence-corrected chi connectivity index (χ4v) is 5.23. The molecule has 0 bridgehead atoms. The molecule has 1 amide bonds. The van der Waals surface area contributed by atoms with Crippen LogP contribution in [0.5, 0.6) is 0 Å². The maximum Gasteiger partial charge on any atom is 0.222 e. The van der Waals surface area contributed by atoms with Gasteiger partial charge in [-0.1, -0.05) is 19.8 Å². The Kier molecular flexibility index (Phi) is 7.85. The van der Waals surface area contributed by atoms with Gasteiger partial charge in [-0.3, -0.25) is 9.69 Å². The van der Waals surface area contributed by atoms with Crippen molar-refractivity contribution < 1.29 is 14.6 Å². The summed E-state index contributed by atoms with van der Waals surface area (Å²) in [6.07, 6.45) is 7.36. The zero-order chi connectivity index (χ0) is 20.0. The Morgan fingerprint density at radius 2 is 2.14 bits per heavy atom. The largest absolute Gasteiger partial charge is 0.383 e. The lowest BCUT2D eigenvalue weighted by atomic mass is 9.88. The maximum absolute atomic E-state index is 12.3. The molecule has 3 rings (SSSR count). The number of carbonyl (C=O) groups excluding carboxylic acids is 1. The van der Waals surface area contributed by atoms with Crippen molar-refractivity contribution in [3.8, 4) is 0 Å². The molecule has 158 valence electrons. The molecule has 7 heteroatoms. The van der Waals surface area contributed by atoms with Gasteiger partial charge >= 0.3 is 0 Å². The van der Waals surface area contributed by atoms with Crippen LogP contribution in [0.15, 0.2) is 5.38 Å². The summed E-state index contributed by atoms with van der Waals surface area (Å²) in [5.41, 5.74) is -0.112. The Hall–Kier alpha value is -1.02. The van der Waals surface area contributed by atoms with Crippen LogP contribution in [0.4, 0.5) is 0 Å². The first-order valence-corrected chi connectivity index (χ1v) is 11.6. The number of ether oxygens (including phenoxy) is 1. The highest BCUT2D eigenvalue weighted by atomic mass is 32.1. The summed E-state index contributed by atoms with van der Waals surface area (Å²) in [5, 5.41) is 14.2. The fraction of sp³-hybridized carbons (Fsp3) is 0.810. The first kappa shape index (κ1) is 21.7. The number of rotatable bonds is 9. The number of nitrogens with zero attached hydrogens (tertiary/aromatic N) is 3. The third-order valence-electron chi connectivity index (χ3n) is 6.16. The molecule has 0 unspecified atom stereocenters. The van der Waals surface area contributed by atoms with Gasteiger partial charge in [-0.05, 0) is 38.6 Å². The third kappa shape index (κ3) is 5.32. The molecule has 0 aromatic carbocycles. The van der Waals surface area contributed by atoms with E-state index in [-0.39, 0.29) is 5.91 Å². The van der Waals surface area contributed by atoms with Crippen LogP contribution in [-0.4, -0.2) is 65.2 Å². The monoisotopic (exact) mass is 409 g/mol. The molecule has 2 aliphatic rings. The molecule has 1 atom stereocenters. The van der Waals surface area contributed by atoms with Crippen LogP contribution in [-0.2, 0) is 21.7 Å². The first-order chi connectivity index (χ1) is 13.6. The average molecular weight is 410 g/mol. The summed E-state index contributed by atoms with van der Waals surface area (Å²) in [6.45, 7) is 6.07. The van der Waals surface area contributed by atoms with Crippen molar-refractivity contribution in [2.75, 3.05) is 33.4 Å². The van der Waals surface area contributed by atoms with Crippen molar-refractivity contribution in [1.29, 1.82) is 0 Å². The summed E-state index contributed by atoms with van der Waals surface area (Å²) in [4.78, 5) is 21.4. The maximum atomic E-state index is 12.3. The number of likely N-dealkylation sites (tertiary alicyclic amines) is 2. The van der Waals surface area contributed by atoms with Crippen LogP contribution in [0, 0.1) is 0 Å². The van der Waals surface area contributed by atoms with E-state index in [1.165, 1.54) is 12.8 Å². The molecule has 2 aliphatic heterocycles. The van der Waals surface area contributed by atoms with Gasteiger partial charge in [-0.2, -0.15) is 0 Å². The van der Waals surface area contributed by atoms with Crippen molar-refractivity contribution in [2.45, 2.75) is 76.5 Å². The van der Waals surface area contributed by atoms with Crippen LogP contribution < -0.4 is 0 Å². The van der Waals surface area contributed by atoms with E-state index in [1.807, 2.05) is 10.3 Å². The zero-order valence-corrected chi connectivity index (χ0v) is 18.2. The van der Waals surface area contributed by atoms with E-state index in [0.717, 1.165) is 49.7 Å². The molecule has 2 saturated heterocycles. The van der Waals surface area contributed by atoms with Gasteiger partial charge in [0.2, 0.25) is 5.91 Å². The van der Waals surface area contributed by atoms with Crippen LogP contribution in [0.1, 0.15) is 69.0 Å². The molecular formula is C21H35N3O3S. The molecule has 28 heavy (non-hydrogen) atoms. The Bertz CT molecular complexity index is 628. The van der Waals surface area contributed by atoms with E-state index < -0.39 is 5.60 Å². The standard InChI is InChI=1S/C21H35N3O3S/c1-3-4-5-8-20(25)23-12-9-21(26,10-13-23)18-16-28-19(22-18)14-24-11-6-7-17(24)15-27-2/h16-17,26H,3-15H2,1-2H3/t17-/m1/s1. The van der Waals surface area contributed by atoms with E-state index in [9.17, 15) is 9.90 Å². The highest BCUT2D eigenvalue weighted by Gasteiger charge is 2.37. The number of aliphatic hydroxyl groups is 1. The number of amides is 1. The Balaban J connectivity index is 1.53. The van der Waals surface area contributed by atoms with E-state index in [4.69, 9.17) is 9.72 Å². The van der Waals surface area contributed by atoms with Crippen molar-refractivity contribution >= 4 is 17.2 Å². The topological polar surface area (TPSA) is 65.9 Å². The highest BCUT2D eigenvalue weighted by Crippen LogP contribution is 2.34. The number of carbonyl (C=O) groups is 1. The van der Waals surface area contributed by atoms with Gasteiger partial charge in [-0.15, -0.1) is 11.3 Å². The van der Waals surface area contributed by atoms with Crippen LogP contribution in [0.2, 0.25) is 0 Å². The second-order valence-corrected chi connectivity index (χ2v) is 9.16. The van der Waals surface area contributed by atoms with E-state index in [0.29, 0.717) is 38.4 Å². The summed E-state index contributed by atoms with van der Waals surface area (Å²) in [6, 6.07) is 0.474. The van der Waals surface area contributed by atoms with Gasteiger partial charge in [-0.25, -0.2) is 4.98 Å². The first-order valence-electron chi connectivity index (χ1n) is 10.7. The van der Waals surface area contributed by atoms with Gasteiger partial charge in [0.25, 0.3) is 0 Å². The lowest BCUT2D eigenvalue weighted by Gasteiger charge is -2.37. The number of thiazole rings is 1. The summed E-state index contributed by atoms with van der Waals surface area (Å²) in [7, 11) is 1.76. The second kappa shape index (κ2) is 10.1. The molecule has 0 spiro atoms. The summed E-state index contributed by atoms with van der Waals surface area (Å²) >= 11 is 1.64. The van der Waals surface area contributed by atoms with Crippen molar-refractivity contribution in [3.63, 3.8) is 0 Å². The molecule has 0 aliphatic carbocycles. The minimum absolute atomic E-state index is 0.229. The SMILES string of the molecule is CCCCCC(=O)N1CCC(O)(c2csc(CN3CCC[C@@H]3COC)n2)CC1. The molecular weight excluding hydrogens is 374 g/mol. The third-order valence-corrected chi connectivity index (χ3v) is 7.00. The van der Waals surface area contributed by atoms with Crippen molar-refractivity contribution in [3.05, 3.63) is 16.1 Å². The van der Waals surface area contributed by atoms with Crippen molar-refractivity contribution in [2.24, 2.45) is 0 Å². The number of methoxy groups -OCH3 is 1. The number of unbranched alkanes of at least 4 members (excludes halogenated alkanes) is 2. The molecule has 1 aromatic rings. The molecule has 6 nitrogen and oxygen atoms in total. The lowest BCUT2D eigenvalue weighted by Crippen LogP contribution is -2.45. The smallest absolute Gasteiger partial charge is 0.222 e. The van der Waals surface area contributed by atoms with Gasteiger partial charge in [0.15, 0.2) is 0 Å². The molecule has 0 radical (unpaired) electrons. The highest BCUT2D eigenvalue weighted by molar-refractivity contribution is 7.09. The Labute approximate surface area is 172 Å². The summed E-state index contributed by atoms with van der Waals surface area (Å²) in [5.74, 6) is 0.229. The quantitative estimate of drug-likeness (QED) is 0.635. The molecule has 1 N–H and O–H groups in total. The predicted molar refractivity (Wildman–Crippen MR) is 111 cm³/mol. The number of aromatic nitrogens is 1. The normalized spacial score (nSPS) is 22.7. The van der Waals surface area contributed by atoms with Gasteiger partial charge < -0.3 is 14.7 Å². The van der Waals surface area contributed by atoms with Crippen LogP contribution >= 0.6 is 11.3 Å². The number of hydrogen-bond donors (Lipinski definition) is 1. The van der Waals surface area contributed by atoms with Crippen LogP contribution in [0.25, 0.3) is 0 Å². The van der Waals surface area contributed by atoms with E-state index in [1.54, 1.807) is 18.4 Å². The lowest BCUT2D eigenvalue weighted by molar-refractivity contribution is -0.136. The minimum Gasteiger partial charge on any atom is -0.383 e. The zero-order valence-electron chi connectivity index (χ0n) is 17.4. The Morgan fingerprint density at radius 1 is 1.36 bits per heavy atom. The molecule has 3 heterocycles. The predicted octanol–water partition coefficient (Wildman–Crippen LogP) is 3.14. The minimum atomic E-state index is -0.897. The van der Waals surface area contributed by atoms with Gasteiger partial charge in [0, 0.05) is 38.0 Å². The average Bonchev–Trinajstić information content (AvgIpc) is 3.33. The van der Waals surface area contributed by atoms with E-state index >= 15 is 0 Å². The number of piperidine rings is 1. The summed E-state index contributed by atoms with van der Waals surface area (Å²) < 4.78 is 5.34. The van der Waals surface area contributed by atoms with E-state index in [2.05, 4.69) is 11.8 Å². The van der Waals surface area contributed by atoms with Crippen LogP contribution in [0.3, 0.4) is 0 Å². The van der Waals surface area contributed by atoms with Gasteiger partial charge in [0.1, 0.15) is 10.6 Å². The molecule has 0 saturated carbocycles. The second-order valence-electron chi connectivity index (χ2n) is 8.22. The van der Waals surface area contributed by atoms with Gasteiger partial charge in [0.05, 0.1) is 18.8 Å². The molecule has 2 fully saturated rings. The fourth-order valence-electron chi connectivity index (χ4n) is 4.32. The number of hydrogen-bond acceptors (Lipinski definition) is 6.